The van der Waals surface area contributed by atoms with Crippen molar-refractivity contribution in [3.8, 4) is 0 Å². The van der Waals surface area contributed by atoms with Crippen LogP contribution in [0.2, 0.25) is 0 Å². The average Bonchev–Trinajstić information content (AvgIpc) is 3.06. The first-order valence-corrected chi connectivity index (χ1v) is 6.43. The zero-order valence-corrected chi connectivity index (χ0v) is 10.8. The van der Waals surface area contributed by atoms with Gasteiger partial charge in [0.05, 0.1) is 0 Å². The molecule has 0 spiro atoms. The minimum atomic E-state index is -0.119. The van der Waals surface area contributed by atoms with Crippen molar-refractivity contribution in [2.24, 2.45) is 0 Å². The second kappa shape index (κ2) is 7.14. The molecule has 0 bridgehead atoms. The van der Waals surface area contributed by atoms with Crippen molar-refractivity contribution in [1.29, 1.82) is 0 Å². The van der Waals surface area contributed by atoms with Gasteiger partial charge in [0.1, 0.15) is 0 Å². The second-order valence-electron chi connectivity index (χ2n) is 4.53. The van der Waals surface area contributed by atoms with Crippen molar-refractivity contribution in [2.45, 2.75) is 45.6 Å². The minimum absolute atomic E-state index is 0.0721. The Bertz CT molecular complexity index is 264. The van der Waals surface area contributed by atoms with Crippen LogP contribution in [0.25, 0.3) is 0 Å². The lowest BCUT2D eigenvalue weighted by molar-refractivity contribution is -0.128. The number of nitrogens with zero attached hydrogens (tertiary/aromatic N) is 1. The molecule has 5 nitrogen and oxygen atoms in total. The Morgan fingerprint density at radius 2 is 2.00 bits per heavy atom. The van der Waals surface area contributed by atoms with Crippen LogP contribution in [0.1, 0.15) is 39.5 Å². The molecule has 5 heteroatoms. The Balaban J connectivity index is 2.11. The third-order valence-corrected chi connectivity index (χ3v) is 2.81. The molecule has 0 radical (unpaired) electrons. The van der Waals surface area contributed by atoms with Crippen molar-refractivity contribution in [3.63, 3.8) is 0 Å². The molecule has 3 amide bonds. The molecule has 0 saturated heterocycles. The number of nitrogens with one attached hydrogen (secondary N) is 2. The number of carbonyl (C=O) groups excluding carboxylic acids is 2. The highest BCUT2D eigenvalue weighted by Crippen LogP contribution is 2.18. The lowest BCUT2D eigenvalue weighted by Gasteiger charge is -2.20. The van der Waals surface area contributed by atoms with Gasteiger partial charge in [0.2, 0.25) is 5.91 Å². The van der Waals surface area contributed by atoms with E-state index >= 15 is 0 Å². The van der Waals surface area contributed by atoms with E-state index in [0.29, 0.717) is 19.1 Å². The smallest absolute Gasteiger partial charge is 0.315 e. The first-order chi connectivity index (χ1) is 8.13. The van der Waals surface area contributed by atoms with Crippen LogP contribution in [0.15, 0.2) is 0 Å². The highest BCUT2D eigenvalue weighted by atomic mass is 16.2. The molecule has 0 aromatic heterocycles. The molecule has 1 saturated carbocycles. The van der Waals surface area contributed by atoms with E-state index in [4.69, 9.17) is 0 Å². The lowest BCUT2D eigenvalue weighted by atomic mass is 10.3. The number of hydrogen-bond donors (Lipinski definition) is 2. The van der Waals surface area contributed by atoms with E-state index in [9.17, 15) is 9.59 Å². The van der Waals surface area contributed by atoms with Gasteiger partial charge in [-0.25, -0.2) is 4.79 Å². The molecule has 1 aliphatic carbocycles. The van der Waals surface area contributed by atoms with E-state index in [1.807, 2.05) is 0 Å². The van der Waals surface area contributed by atoms with Gasteiger partial charge in [0.15, 0.2) is 0 Å². The van der Waals surface area contributed by atoms with Gasteiger partial charge in [0.25, 0.3) is 0 Å². The Kier molecular flexibility index (Phi) is 5.80. The van der Waals surface area contributed by atoms with Crippen molar-refractivity contribution in [2.75, 3.05) is 19.6 Å². The summed E-state index contributed by atoms with van der Waals surface area (Å²) in [6.45, 7) is 5.55. The maximum Gasteiger partial charge on any atom is 0.315 e. The fourth-order valence-electron chi connectivity index (χ4n) is 1.54. The molecule has 0 atom stereocenters. The van der Waals surface area contributed by atoms with Crippen molar-refractivity contribution >= 4 is 11.9 Å². The molecule has 0 aliphatic heterocycles. The SMILES string of the molecule is CCCCN(CCNC(=O)NC1CC1)C(C)=O. The van der Waals surface area contributed by atoms with Crippen LogP contribution in [-0.2, 0) is 4.79 Å². The van der Waals surface area contributed by atoms with Crippen LogP contribution >= 0.6 is 0 Å². The summed E-state index contributed by atoms with van der Waals surface area (Å²) in [5.74, 6) is 0.0721. The quantitative estimate of drug-likeness (QED) is 0.701. The van der Waals surface area contributed by atoms with E-state index in [1.54, 1.807) is 11.8 Å². The van der Waals surface area contributed by atoms with Gasteiger partial charge >= 0.3 is 6.03 Å². The third kappa shape index (κ3) is 6.14. The zero-order valence-electron chi connectivity index (χ0n) is 10.8. The topological polar surface area (TPSA) is 61.4 Å². The Labute approximate surface area is 103 Å². The number of carbonyl (C=O) groups is 2. The van der Waals surface area contributed by atoms with Crippen LogP contribution in [0.3, 0.4) is 0 Å². The van der Waals surface area contributed by atoms with Crippen LogP contribution in [-0.4, -0.2) is 42.5 Å². The molecule has 2 N–H and O–H groups in total. The van der Waals surface area contributed by atoms with Crippen molar-refractivity contribution < 1.29 is 9.59 Å². The summed E-state index contributed by atoms with van der Waals surface area (Å²) in [5, 5.41) is 5.62. The van der Waals surface area contributed by atoms with Gasteiger partial charge in [-0.3, -0.25) is 4.79 Å². The first kappa shape index (κ1) is 13.8. The number of hydrogen-bond acceptors (Lipinski definition) is 2. The van der Waals surface area contributed by atoms with Gasteiger partial charge in [-0.1, -0.05) is 13.3 Å². The summed E-state index contributed by atoms with van der Waals surface area (Å²) in [5.41, 5.74) is 0. The number of unbranched alkanes of at least 4 members (excludes halogenated alkanes) is 1. The average molecular weight is 241 g/mol. The molecule has 17 heavy (non-hydrogen) atoms. The van der Waals surface area contributed by atoms with Crippen molar-refractivity contribution in [3.05, 3.63) is 0 Å². The summed E-state index contributed by atoms with van der Waals surface area (Å²) >= 11 is 0. The largest absolute Gasteiger partial charge is 0.341 e. The van der Waals surface area contributed by atoms with Crippen molar-refractivity contribution in [1.82, 2.24) is 15.5 Å². The maximum atomic E-state index is 11.3. The van der Waals surface area contributed by atoms with Crippen LogP contribution in [0.4, 0.5) is 4.79 Å². The summed E-state index contributed by atoms with van der Waals surface area (Å²) in [7, 11) is 0. The summed E-state index contributed by atoms with van der Waals surface area (Å²) < 4.78 is 0. The molecule has 1 rings (SSSR count). The van der Waals surface area contributed by atoms with Gasteiger partial charge in [0, 0.05) is 32.6 Å². The molecule has 0 heterocycles. The minimum Gasteiger partial charge on any atom is -0.341 e. The molecule has 0 aromatic carbocycles. The van der Waals surface area contributed by atoms with Crippen LogP contribution in [0.5, 0.6) is 0 Å². The molecule has 1 aliphatic rings. The van der Waals surface area contributed by atoms with Gasteiger partial charge in [-0.05, 0) is 19.3 Å². The molecular formula is C12H23N3O2. The van der Waals surface area contributed by atoms with Gasteiger partial charge < -0.3 is 15.5 Å². The van der Waals surface area contributed by atoms with E-state index in [0.717, 1.165) is 32.2 Å². The Hall–Kier alpha value is -1.26. The maximum absolute atomic E-state index is 11.3. The van der Waals surface area contributed by atoms with Gasteiger partial charge in [-0.15, -0.1) is 0 Å². The van der Waals surface area contributed by atoms with E-state index in [-0.39, 0.29) is 11.9 Å². The predicted octanol–water partition coefficient (Wildman–Crippen LogP) is 1.10. The highest BCUT2D eigenvalue weighted by Gasteiger charge is 2.22. The zero-order chi connectivity index (χ0) is 12.7. The highest BCUT2D eigenvalue weighted by molar-refractivity contribution is 5.75. The van der Waals surface area contributed by atoms with E-state index in [2.05, 4.69) is 17.6 Å². The first-order valence-electron chi connectivity index (χ1n) is 6.43. The second-order valence-corrected chi connectivity index (χ2v) is 4.53. The normalized spacial score (nSPS) is 14.2. The Morgan fingerprint density at radius 3 is 2.53 bits per heavy atom. The molecular weight excluding hydrogens is 218 g/mol. The number of rotatable bonds is 7. The standard InChI is InChI=1S/C12H23N3O2/c1-3-4-8-15(10(2)16)9-7-13-12(17)14-11-5-6-11/h11H,3-9H2,1-2H3,(H2,13,14,17). The van der Waals surface area contributed by atoms with Crippen LogP contribution in [0, 0.1) is 0 Å². The predicted molar refractivity (Wildman–Crippen MR) is 66.7 cm³/mol. The van der Waals surface area contributed by atoms with Crippen LogP contribution < -0.4 is 10.6 Å². The number of urea groups is 1. The van der Waals surface area contributed by atoms with Gasteiger partial charge in [-0.2, -0.15) is 0 Å². The fourth-order valence-corrected chi connectivity index (χ4v) is 1.54. The van der Waals surface area contributed by atoms with E-state index < -0.39 is 0 Å². The summed E-state index contributed by atoms with van der Waals surface area (Å²) in [4.78, 5) is 24.4. The lowest BCUT2D eigenvalue weighted by Crippen LogP contribution is -2.42. The molecule has 0 aromatic rings. The molecule has 98 valence electrons. The van der Waals surface area contributed by atoms with E-state index in [1.165, 1.54) is 0 Å². The molecule has 1 fully saturated rings. The third-order valence-electron chi connectivity index (χ3n) is 2.81. The monoisotopic (exact) mass is 241 g/mol. The number of amides is 3. The Morgan fingerprint density at radius 1 is 1.29 bits per heavy atom. The molecule has 0 unspecified atom stereocenters. The summed E-state index contributed by atoms with van der Waals surface area (Å²) in [6.07, 6.45) is 4.25. The summed E-state index contributed by atoms with van der Waals surface area (Å²) in [6, 6.07) is 0.255. The fraction of sp³-hybridized carbons (Fsp3) is 0.833.